The van der Waals surface area contributed by atoms with E-state index in [9.17, 15) is 9.59 Å². The van der Waals surface area contributed by atoms with Crippen molar-refractivity contribution in [1.82, 2.24) is 4.90 Å². The molecule has 1 saturated heterocycles. The van der Waals surface area contributed by atoms with Gasteiger partial charge in [0, 0.05) is 12.1 Å². The van der Waals surface area contributed by atoms with Crippen LogP contribution in [0.5, 0.6) is 5.75 Å². The van der Waals surface area contributed by atoms with Gasteiger partial charge in [0.25, 0.3) is 11.8 Å². The fourth-order valence-corrected chi connectivity index (χ4v) is 3.24. The van der Waals surface area contributed by atoms with E-state index in [2.05, 4.69) is 19.2 Å². The number of hydrogen-bond donors (Lipinski definition) is 1. The fraction of sp³-hybridized carbons (Fsp3) is 0.500. The first-order valence-corrected chi connectivity index (χ1v) is 7.46. The van der Waals surface area contributed by atoms with Crippen molar-refractivity contribution in [2.24, 2.45) is 0 Å². The van der Waals surface area contributed by atoms with Crippen LogP contribution < -0.4 is 10.1 Å². The largest absolute Gasteiger partial charge is 0.481 e. The third kappa shape index (κ3) is 2.48. The highest BCUT2D eigenvalue weighted by Gasteiger charge is 2.32. The van der Waals surface area contributed by atoms with Gasteiger partial charge < -0.3 is 15.0 Å². The topological polar surface area (TPSA) is 58.6 Å². The van der Waals surface area contributed by atoms with Crippen molar-refractivity contribution in [2.45, 2.75) is 45.2 Å². The Morgan fingerprint density at radius 3 is 2.71 bits per heavy atom. The van der Waals surface area contributed by atoms with Gasteiger partial charge in [-0.15, -0.1) is 0 Å². The summed E-state index contributed by atoms with van der Waals surface area (Å²) in [4.78, 5) is 26.2. The normalized spacial score (nSPS) is 24.9. The van der Waals surface area contributed by atoms with E-state index < -0.39 is 0 Å². The molecule has 1 aromatic rings. The monoisotopic (exact) mass is 288 g/mol. The summed E-state index contributed by atoms with van der Waals surface area (Å²) in [6.45, 7) is 4.14. The molecule has 2 atom stereocenters. The van der Waals surface area contributed by atoms with Crippen molar-refractivity contribution in [3.05, 3.63) is 23.8 Å². The number of para-hydroxylation sites is 1. The number of piperidine rings is 1. The van der Waals surface area contributed by atoms with Gasteiger partial charge in [-0.1, -0.05) is 6.07 Å². The zero-order chi connectivity index (χ0) is 15.0. The SMILES string of the molecule is CC1CCCC(C)N1C(=O)c1cccc2c1OCC(=O)N2. The van der Waals surface area contributed by atoms with Gasteiger partial charge in [0.05, 0.1) is 11.3 Å². The number of carbonyl (C=O) groups excluding carboxylic acids is 2. The van der Waals surface area contributed by atoms with Crippen molar-refractivity contribution in [2.75, 3.05) is 11.9 Å². The van der Waals surface area contributed by atoms with Gasteiger partial charge in [-0.3, -0.25) is 9.59 Å². The second kappa shape index (κ2) is 5.39. The molecule has 2 aliphatic heterocycles. The van der Waals surface area contributed by atoms with Gasteiger partial charge in [-0.05, 0) is 45.2 Å². The predicted molar refractivity (Wildman–Crippen MR) is 79.5 cm³/mol. The zero-order valence-corrected chi connectivity index (χ0v) is 12.4. The second-order valence-corrected chi connectivity index (χ2v) is 5.86. The summed E-state index contributed by atoms with van der Waals surface area (Å²) in [5, 5.41) is 2.75. The number of benzene rings is 1. The van der Waals surface area contributed by atoms with Crippen LogP contribution in [0.25, 0.3) is 0 Å². The highest BCUT2D eigenvalue weighted by molar-refractivity contribution is 6.03. The summed E-state index contributed by atoms with van der Waals surface area (Å²) in [6.07, 6.45) is 3.22. The number of ether oxygens (including phenoxy) is 1. The molecule has 1 fully saturated rings. The Hall–Kier alpha value is -2.04. The minimum absolute atomic E-state index is 0.0114. The predicted octanol–water partition coefficient (Wildman–Crippen LogP) is 2.42. The molecule has 1 N–H and O–H groups in total. The van der Waals surface area contributed by atoms with E-state index in [4.69, 9.17) is 4.74 Å². The van der Waals surface area contributed by atoms with Crippen molar-refractivity contribution in [1.29, 1.82) is 0 Å². The number of nitrogens with one attached hydrogen (secondary N) is 1. The van der Waals surface area contributed by atoms with E-state index in [1.54, 1.807) is 18.2 Å². The summed E-state index contributed by atoms with van der Waals surface area (Å²) < 4.78 is 5.49. The quantitative estimate of drug-likeness (QED) is 0.863. The molecule has 0 aromatic heterocycles. The molecule has 3 rings (SSSR count). The number of likely N-dealkylation sites (tertiary alicyclic amines) is 1. The Morgan fingerprint density at radius 2 is 2.00 bits per heavy atom. The molecule has 5 heteroatoms. The number of hydrogen-bond acceptors (Lipinski definition) is 3. The molecule has 0 bridgehead atoms. The van der Waals surface area contributed by atoms with Crippen LogP contribution in [0.15, 0.2) is 18.2 Å². The lowest BCUT2D eigenvalue weighted by Crippen LogP contribution is -2.47. The summed E-state index contributed by atoms with van der Waals surface area (Å²) >= 11 is 0. The highest BCUT2D eigenvalue weighted by atomic mass is 16.5. The number of rotatable bonds is 1. The standard InChI is InChI=1S/C16H20N2O3/c1-10-5-3-6-11(2)18(10)16(20)12-7-4-8-13-15(12)21-9-14(19)17-13/h4,7-8,10-11H,3,5-6,9H2,1-2H3,(H,17,19). The number of carbonyl (C=O) groups is 2. The molecule has 2 heterocycles. The molecule has 2 unspecified atom stereocenters. The molecule has 5 nitrogen and oxygen atoms in total. The summed E-state index contributed by atoms with van der Waals surface area (Å²) in [5.41, 5.74) is 1.11. The minimum Gasteiger partial charge on any atom is -0.481 e. The summed E-state index contributed by atoms with van der Waals surface area (Å²) in [5.74, 6) is 0.293. The van der Waals surface area contributed by atoms with Crippen molar-refractivity contribution in [3.8, 4) is 5.75 Å². The van der Waals surface area contributed by atoms with Gasteiger partial charge in [-0.2, -0.15) is 0 Å². The first-order chi connectivity index (χ1) is 10.1. The molecule has 0 aliphatic carbocycles. The van der Waals surface area contributed by atoms with Crippen LogP contribution in [-0.2, 0) is 4.79 Å². The van der Waals surface area contributed by atoms with Crippen LogP contribution in [0.4, 0.5) is 5.69 Å². The molecule has 2 aliphatic rings. The molecular weight excluding hydrogens is 268 g/mol. The maximum Gasteiger partial charge on any atom is 0.262 e. The van der Waals surface area contributed by atoms with Crippen LogP contribution in [0.1, 0.15) is 43.5 Å². The van der Waals surface area contributed by atoms with Crippen molar-refractivity contribution >= 4 is 17.5 Å². The van der Waals surface area contributed by atoms with Gasteiger partial charge >= 0.3 is 0 Å². The van der Waals surface area contributed by atoms with E-state index in [1.807, 2.05) is 4.90 Å². The van der Waals surface area contributed by atoms with Gasteiger partial charge in [-0.25, -0.2) is 0 Å². The first-order valence-electron chi connectivity index (χ1n) is 7.46. The number of nitrogens with zero attached hydrogens (tertiary/aromatic N) is 1. The van der Waals surface area contributed by atoms with Crippen LogP contribution in [-0.4, -0.2) is 35.4 Å². The van der Waals surface area contributed by atoms with Gasteiger partial charge in [0.15, 0.2) is 12.4 Å². The van der Waals surface area contributed by atoms with Gasteiger partial charge in [0.1, 0.15) is 0 Å². The fourth-order valence-electron chi connectivity index (χ4n) is 3.24. The molecule has 2 amide bonds. The molecule has 21 heavy (non-hydrogen) atoms. The molecule has 112 valence electrons. The summed E-state index contributed by atoms with van der Waals surface area (Å²) in [7, 11) is 0. The van der Waals surface area contributed by atoms with E-state index in [1.165, 1.54) is 0 Å². The number of fused-ring (bicyclic) bond motifs is 1. The summed E-state index contributed by atoms with van der Waals surface area (Å²) in [6, 6.07) is 5.77. The smallest absolute Gasteiger partial charge is 0.262 e. The Labute approximate surface area is 124 Å². The Bertz CT molecular complexity index is 575. The average molecular weight is 288 g/mol. The van der Waals surface area contributed by atoms with E-state index >= 15 is 0 Å². The maximum atomic E-state index is 12.9. The second-order valence-electron chi connectivity index (χ2n) is 5.86. The average Bonchev–Trinajstić information content (AvgIpc) is 2.46. The lowest BCUT2D eigenvalue weighted by Gasteiger charge is -2.39. The van der Waals surface area contributed by atoms with Crippen LogP contribution >= 0.6 is 0 Å². The Kier molecular flexibility index (Phi) is 3.57. The Balaban J connectivity index is 1.95. The molecular formula is C16H20N2O3. The van der Waals surface area contributed by atoms with E-state index in [0.717, 1.165) is 19.3 Å². The lowest BCUT2D eigenvalue weighted by molar-refractivity contribution is -0.118. The van der Waals surface area contributed by atoms with E-state index in [-0.39, 0.29) is 30.5 Å². The van der Waals surface area contributed by atoms with Crippen molar-refractivity contribution < 1.29 is 14.3 Å². The van der Waals surface area contributed by atoms with Crippen molar-refractivity contribution in [3.63, 3.8) is 0 Å². The molecule has 0 saturated carbocycles. The molecule has 0 spiro atoms. The van der Waals surface area contributed by atoms with E-state index in [0.29, 0.717) is 17.0 Å². The number of anilines is 1. The van der Waals surface area contributed by atoms with Crippen LogP contribution in [0, 0.1) is 0 Å². The highest BCUT2D eigenvalue weighted by Crippen LogP contribution is 2.34. The van der Waals surface area contributed by atoms with Gasteiger partial charge in [0.2, 0.25) is 0 Å². The molecule has 0 radical (unpaired) electrons. The number of amides is 2. The Morgan fingerprint density at radius 1 is 1.29 bits per heavy atom. The third-order valence-electron chi connectivity index (χ3n) is 4.30. The molecule has 1 aromatic carbocycles. The third-order valence-corrected chi connectivity index (χ3v) is 4.30. The van der Waals surface area contributed by atoms with Crippen LogP contribution in [0.3, 0.4) is 0 Å². The lowest BCUT2D eigenvalue weighted by atomic mass is 9.96. The minimum atomic E-state index is -0.188. The zero-order valence-electron chi connectivity index (χ0n) is 12.4. The van der Waals surface area contributed by atoms with Crippen LogP contribution in [0.2, 0.25) is 0 Å². The first kappa shape index (κ1) is 13.9. The maximum absolute atomic E-state index is 12.9.